The van der Waals surface area contributed by atoms with E-state index in [1.165, 1.54) is 0 Å². The lowest BCUT2D eigenvalue weighted by Crippen LogP contribution is -2.48. The average molecular weight is 379 g/mol. The Kier molecular flexibility index (Phi) is 5.93. The number of carbonyl (C=O) groups is 2. The van der Waals surface area contributed by atoms with E-state index in [0.717, 1.165) is 11.0 Å². The van der Waals surface area contributed by atoms with E-state index in [1.807, 2.05) is 56.3 Å². The van der Waals surface area contributed by atoms with E-state index in [0.29, 0.717) is 11.5 Å². The summed E-state index contributed by atoms with van der Waals surface area (Å²) in [6, 6.07) is 15.4. The van der Waals surface area contributed by atoms with Crippen molar-refractivity contribution in [3.63, 3.8) is 0 Å². The van der Waals surface area contributed by atoms with Gasteiger partial charge in [-0.3, -0.25) is 4.79 Å². The Hall–Kier alpha value is -3.35. The van der Waals surface area contributed by atoms with E-state index in [1.54, 1.807) is 19.1 Å². The van der Waals surface area contributed by atoms with E-state index >= 15 is 0 Å². The zero-order valence-electron chi connectivity index (χ0n) is 16.2. The van der Waals surface area contributed by atoms with Crippen molar-refractivity contribution in [1.29, 1.82) is 0 Å². The summed E-state index contributed by atoms with van der Waals surface area (Å²) in [5, 5.41) is 8.35. The minimum absolute atomic E-state index is 0.120. The molecule has 2 atom stereocenters. The van der Waals surface area contributed by atoms with Gasteiger partial charge in [0.25, 0.3) is 0 Å². The molecule has 0 aliphatic carbocycles. The van der Waals surface area contributed by atoms with Gasteiger partial charge in [0.05, 0.1) is 17.1 Å². The van der Waals surface area contributed by atoms with Crippen molar-refractivity contribution < 1.29 is 9.59 Å². The molecular formula is C21H25N5O2. The van der Waals surface area contributed by atoms with Gasteiger partial charge in [-0.05, 0) is 37.1 Å². The number of hydrogen-bond donors (Lipinski definition) is 4. The highest BCUT2D eigenvalue weighted by Gasteiger charge is 2.25. The number of anilines is 1. The highest BCUT2D eigenvalue weighted by atomic mass is 16.2. The summed E-state index contributed by atoms with van der Waals surface area (Å²) in [6.45, 7) is 5.67. The first-order chi connectivity index (χ1) is 13.4. The Labute approximate surface area is 163 Å². The third kappa shape index (κ3) is 4.68. The van der Waals surface area contributed by atoms with Crippen LogP contribution < -0.4 is 16.0 Å². The van der Waals surface area contributed by atoms with Crippen LogP contribution in [-0.4, -0.2) is 27.9 Å². The van der Waals surface area contributed by atoms with E-state index in [-0.39, 0.29) is 17.9 Å². The standard InChI is InChI=1S/C21H25N5O2/c1-13(2)18(19-24-16-11-7-8-12-17(16)25-19)26-20(27)14(3)22-21(28)23-15-9-5-4-6-10-15/h4-14,18H,1-3H3,(H,24,25)(H,26,27)(H2,22,23,28)/t14-,18-/m1/s1. The third-order valence-corrected chi connectivity index (χ3v) is 4.44. The SMILES string of the molecule is CC(C)[C@@H](NC(=O)[C@@H](C)NC(=O)Nc1ccccc1)c1nc2ccccc2[nH]1. The van der Waals surface area contributed by atoms with E-state index < -0.39 is 12.1 Å². The minimum Gasteiger partial charge on any atom is -0.344 e. The highest BCUT2D eigenvalue weighted by molar-refractivity contribution is 5.93. The van der Waals surface area contributed by atoms with Crippen LogP contribution in [0.15, 0.2) is 54.6 Å². The van der Waals surface area contributed by atoms with Crippen LogP contribution in [0.1, 0.15) is 32.6 Å². The minimum atomic E-state index is -0.700. The zero-order chi connectivity index (χ0) is 20.1. The zero-order valence-corrected chi connectivity index (χ0v) is 16.2. The molecule has 0 radical (unpaired) electrons. The molecule has 3 rings (SSSR count). The number of nitrogens with one attached hydrogen (secondary N) is 4. The lowest BCUT2D eigenvalue weighted by Gasteiger charge is -2.23. The molecule has 0 fully saturated rings. The fourth-order valence-electron chi connectivity index (χ4n) is 2.90. The first kappa shape index (κ1) is 19.4. The molecule has 0 saturated heterocycles. The number of urea groups is 1. The van der Waals surface area contributed by atoms with Gasteiger partial charge < -0.3 is 20.9 Å². The molecule has 2 aromatic carbocycles. The predicted molar refractivity (Wildman–Crippen MR) is 110 cm³/mol. The second-order valence-corrected chi connectivity index (χ2v) is 7.06. The fourth-order valence-corrected chi connectivity index (χ4v) is 2.90. The maximum atomic E-state index is 12.6. The van der Waals surface area contributed by atoms with Gasteiger partial charge in [0.1, 0.15) is 11.9 Å². The van der Waals surface area contributed by atoms with E-state index in [2.05, 4.69) is 25.9 Å². The van der Waals surface area contributed by atoms with E-state index in [9.17, 15) is 9.59 Å². The topological polar surface area (TPSA) is 98.9 Å². The predicted octanol–water partition coefficient (Wildman–Crippen LogP) is 3.59. The lowest BCUT2D eigenvalue weighted by molar-refractivity contribution is -0.123. The Morgan fingerprint density at radius 1 is 0.929 bits per heavy atom. The maximum absolute atomic E-state index is 12.6. The summed E-state index contributed by atoms with van der Waals surface area (Å²) in [5.41, 5.74) is 2.44. The molecule has 0 spiro atoms. The largest absolute Gasteiger partial charge is 0.344 e. The fraction of sp³-hybridized carbons (Fsp3) is 0.286. The number of aromatic nitrogens is 2. The van der Waals surface area contributed by atoms with Gasteiger partial charge in [-0.15, -0.1) is 0 Å². The number of aromatic amines is 1. The summed E-state index contributed by atoms with van der Waals surface area (Å²) in [7, 11) is 0. The molecule has 0 bridgehead atoms. The summed E-state index contributed by atoms with van der Waals surface area (Å²) < 4.78 is 0. The normalized spacial score (nSPS) is 13.1. The average Bonchev–Trinajstić information content (AvgIpc) is 3.09. The molecule has 28 heavy (non-hydrogen) atoms. The first-order valence-corrected chi connectivity index (χ1v) is 9.31. The molecule has 0 aliphatic heterocycles. The van der Waals surface area contributed by atoms with Gasteiger partial charge in [0, 0.05) is 5.69 Å². The maximum Gasteiger partial charge on any atom is 0.319 e. The number of para-hydroxylation sites is 3. The van der Waals surface area contributed by atoms with Crippen molar-refractivity contribution in [3.8, 4) is 0 Å². The molecule has 1 aromatic heterocycles. The summed E-state index contributed by atoms with van der Waals surface area (Å²) in [5.74, 6) is 0.544. The number of nitrogens with zero attached hydrogens (tertiary/aromatic N) is 1. The van der Waals surface area contributed by atoms with Gasteiger partial charge >= 0.3 is 6.03 Å². The molecule has 1 heterocycles. The molecule has 0 aliphatic rings. The first-order valence-electron chi connectivity index (χ1n) is 9.31. The molecule has 3 amide bonds. The number of imidazole rings is 1. The van der Waals surface area contributed by atoms with E-state index in [4.69, 9.17) is 0 Å². The van der Waals surface area contributed by atoms with Crippen molar-refractivity contribution >= 4 is 28.7 Å². The van der Waals surface area contributed by atoms with Crippen LogP contribution in [-0.2, 0) is 4.79 Å². The Balaban J connectivity index is 1.64. The molecule has 7 nitrogen and oxygen atoms in total. The van der Waals surface area contributed by atoms with Crippen LogP contribution in [0.4, 0.5) is 10.5 Å². The second kappa shape index (κ2) is 8.56. The monoisotopic (exact) mass is 379 g/mol. The number of fused-ring (bicyclic) bond motifs is 1. The van der Waals surface area contributed by atoms with Crippen molar-refractivity contribution in [1.82, 2.24) is 20.6 Å². The molecule has 7 heteroatoms. The van der Waals surface area contributed by atoms with Crippen molar-refractivity contribution in [2.24, 2.45) is 5.92 Å². The van der Waals surface area contributed by atoms with Crippen LogP contribution >= 0.6 is 0 Å². The molecule has 0 unspecified atom stereocenters. The number of benzene rings is 2. The molecular weight excluding hydrogens is 354 g/mol. The quantitative estimate of drug-likeness (QED) is 0.527. The molecule has 0 saturated carbocycles. The van der Waals surface area contributed by atoms with Crippen LogP contribution in [0.3, 0.4) is 0 Å². The number of H-pyrrole nitrogens is 1. The smallest absolute Gasteiger partial charge is 0.319 e. The summed E-state index contributed by atoms with van der Waals surface area (Å²) >= 11 is 0. The van der Waals surface area contributed by atoms with Crippen LogP contribution in [0.5, 0.6) is 0 Å². The molecule has 4 N–H and O–H groups in total. The number of hydrogen-bond acceptors (Lipinski definition) is 3. The van der Waals surface area contributed by atoms with Crippen molar-refractivity contribution in [2.75, 3.05) is 5.32 Å². The number of carbonyl (C=O) groups excluding carboxylic acids is 2. The van der Waals surface area contributed by atoms with Gasteiger partial charge in [0.15, 0.2) is 0 Å². The van der Waals surface area contributed by atoms with Crippen molar-refractivity contribution in [2.45, 2.75) is 32.9 Å². The number of amides is 3. The van der Waals surface area contributed by atoms with Crippen molar-refractivity contribution in [3.05, 3.63) is 60.4 Å². The summed E-state index contributed by atoms with van der Waals surface area (Å²) in [6.07, 6.45) is 0. The third-order valence-electron chi connectivity index (χ3n) is 4.44. The highest BCUT2D eigenvalue weighted by Crippen LogP contribution is 2.22. The van der Waals surface area contributed by atoms with Crippen LogP contribution in [0.2, 0.25) is 0 Å². The van der Waals surface area contributed by atoms with Crippen LogP contribution in [0.25, 0.3) is 11.0 Å². The molecule has 3 aromatic rings. The van der Waals surface area contributed by atoms with Crippen LogP contribution in [0, 0.1) is 5.92 Å². The second-order valence-electron chi connectivity index (χ2n) is 7.06. The van der Waals surface area contributed by atoms with Gasteiger partial charge in [-0.1, -0.05) is 44.2 Å². The molecule has 146 valence electrons. The Morgan fingerprint density at radius 3 is 2.29 bits per heavy atom. The Morgan fingerprint density at radius 2 is 1.61 bits per heavy atom. The van der Waals surface area contributed by atoms with Gasteiger partial charge in [0.2, 0.25) is 5.91 Å². The Bertz CT molecular complexity index is 919. The lowest BCUT2D eigenvalue weighted by atomic mass is 10.0. The summed E-state index contributed by atoms with van der Waals surface area (Å²) in [4.78, 5) is 32.6. The van der Waals surface area contributed by atoms with Gasteiger partial charge in [-0.25, -0.2) is 9.78 Å². The number of rotatable bonds is 6. The van der Waals surface area contributed by atoms with Gasteiger partial charge in [-0.2, -0.15) is 0 Å².